The van der Waals surface area contributed by atoms with Gasteiger partial charge in [0.2, 0.25) is 5.82 Å². The number of hydrogen-bond donors (Lipinski definition) is 1. The van der Waals surface area contributed by atoms with E-state index < -0.39 is 23.6 Å². The van der Waals surface area contributed by atoms with Gasteiger partial charge >= 0.3 is 12.3 Å². The molecule has 0 bridgehead atoms. The molecule has 2 heterocycles. The smallest absolute Gasteiger partial charge is 0.450 e. The van der Waals surface area contributed by atoms with Crippen LogP contribution in [0.1, 0.15) is 32.2 Å². The molecule has 2 aromatic heterocycles. The third kappa shape index (κ3) is 3.60. The summed E-state index contributed by atoms with van der Waals surface area (Å²) in [4.78, 5) is 16.0. The van der Waals surface area contributed by atoms with Gasteiger partial charge in [0.25, 0.3) is 0 Å². The molecule has 5 nitrogen and oxygen atoms in total. The second-order valence-electron chi connectivity index (χ2n) is 6.06. The number of nitrogens with zero attached hydrogens (tertiary/aromatic N) is 3. The van der Waals surface area contributed by atoms with Gasteiger partial charge in [0.15, 0.2) is 0 Å². The molecular formula is C14H15BrF3N3O2. The lowest BCUT2D eigenvalue weighted by Crippen LogP contribution is -2.44. The average Bonchev–Trinajstić information content (AvgIpc) is 2.71. The zero-order valence-electron chi connectivity index (χ0n) is 12.6. The summed E-state index contributed by atoms with van der Waals surface area (Å²) in [6, 6.07) is 3.06. The summed E-state index contributed by atoms with van der Waals surface area (Å²) in [5.41, 5.74) is 0.0207. The van der Waals surface area contributed by atoms with Crippen LogP contribution in [0.25, 0.3) is 5.52 Å². The summed E-state index contributed by atoms with van der Waals surface area (Å²) < 4.78 is 40.1. The number of carbonyl (C=O) groups is 1. The van der Waals surface area contributed by atoms with Crippen molar-refractivity contribution in [3.05, 3.63) is 34.3 Å². The highest BCUT2D eigenvalue weighted by Crippen LogP contribution is 2.32. The van der Waals surface area contributed by atoms with Crippen LogP contribution in [0.2, 0.25) is 0 Å². The first-order valence-corrected chi connectivity index (χ1v) is 7.45. The van der Waals surface area contributed by atoms with Crippen molar-refractivity contribution >= 4 is 27.5 Å². The fourth-order valence-corrected chi connectivity index (χ4v) is 2.65. The Labute approximate surface area is 138 Å². The Hall–Kier alpha value is -1.77. The van der Waals surface area contributed by atoms with Crippen LogP contribution in [0.3, 0.4) is 0 Å². The molecule has 0 atom stereocenters. The molecule has 0 saturated heterocycles. The SMILES string of the molecule is CC(C)(C)N(Cc1ccc2c(Br)nc(C(F)(F)F)n2c1)C(=O)O. The van der Waals surface area contributed by atoms with Gasteiger partial charge in [0, 0.05) is 11.7 Å². The van der Waals surface area contributed by atoms with E-state index in [1.165, 1.54) is 12.3 Å². The summed E-state index contributed by atoms with van der Waals surface area (Å²) in [5, 5.41) is 9.29. The first-order valence-electron chi connectivity index (χ1n) is 6.65. The van der Waals surface area contributed by atoms with Gasteiger partial charge in [-0.15, -0.1) is 0 Å². The van der Waals surface area contributed by atoms with Crippen LogP contribution in [-0.4, -0.2) is 31.0 Å². The first-order chi connectivity index (χ1) is 10.4. The van der Waals surface area contributed by atoms with Gasteiger partial charge in [-0.2, -0.15) is 13.2 Å². The predicted molar refractivity (Wildman–Crippen MR) is 81.2 cm³/mol. The molecule has 0 aromatic carbocycles. The molecule has 0 aliphatic rings. The lowest BCUT2D eigenvalue weighted by Gasteiger charge is -2.33. The Bertz CT molecular complexity index is 750. The highest BCUT2D eigenvalue weighted by molar-refractivity contribution is 9.10. The van der Waals surface area contributed by atoms with Crippen molar-refractivity contribution in [1.82, 2.24) is 14.3 Å². The Morgan fingerprint density at radius 3 is 2.43 bits per heavy atom. The zero-order valence-corrected chi connectivity index (χ0v) is 14.2. The third-order valence-electron chi connectivity index (χ3n) is 3.29. The summed E-state index contributed by atoms with van der Waals surface area (Å²) in [5.74, 6) is -1.06. The van der Waals surface area contributed by atoms with Crippen molar-refractivity contribution in [1.29, 1.82) is 0 Å². The lowest BCUT2D eigenvalue weighted by atomic mass is 10.1. The van der Waals surface area contributed by atoms with Crippen molar-refractivity contribution in [2.75, 3.05) is 0 Å². The molecule has 0 aliphatic carbocycles. The van der Waals surface area contributed by atoms with E-state index in [0.717, 1.165) is 9.30 Å². The van der Waals surface area contributed by atoms with Crippen LogP contribution in [0, 0.1) is 0 Å². The van der Waals surface area contributed by atoms with E-state index >= 15 is 0 Å². The van der Waals surface area contributed by atoms with E-state index in [2.05, 4.69) is 20.9 Å². The molecule has 0 unspecified atom stereocenters. The number of amides is 1. The third-order valence-corrected chi connectivity index (χ3v) is 3.87. The van der Waals surface area contributed by atoms with Crippen LogP contribution in [0.5, 0.6) is 0 Å². The molecular weight excluding hydrogens is 379 g/mol. The quantitative estimate of drug-likeness (QED) is 0.822. The van der Waals surface area contributed by atoms with E-state index in [9.17, 15) is 23.1 Å². The highest BCUT2D eigenvalue weighted by Gasteiger charge is 2.37. The molecule has 0 spiro atoms. The van der Waals surface area contributed by atoms with Crippen LogP contribution in [0.4, 0.5) is 18.0 Å². The molecule has 23 heavy (non-hydrogen) atoms. The van der Waals surface area contributed by atoms with Crippen molar-refractivity contribution in [2.24, 2.45) is 0 Å². The monoisotopic (exact) mass is 393 g/mol. The van der Waals surface area contributed by atoms with Crippen molar-refractivity contribution in [2.45, 2.75) is 39.0 Å². The van der Waals surface area contributed by atoms with Crippen molar-refractivity contribution in [3.63, 3.8) is 0 Å². The summed E-state index contributed by atoms with van der Waals surface area (Å²) >= 11 is 3.00. The topological polar surface area (TPSA) is 57.8 Å². The zero-order chi connectivity index (χ0) is 17.6. The molecule has 2 rings (SSSR count). The van der Waals surface area contributed by atoms with Crippen LogP contribution in [-0.2, 0) is 12.7 Å². The number of imidazole rings is 1. The summed E-state index contributed by atoms with van der Waals surface area (Å²) in [6.45, 7) is 5.12. The largest absolute Gasteiger partial charge is 0.465 e. The molecule has 126 valence electrons. The van der Waals surface area contributed by atoms with Crippen LogP contribution < -0.4 is 0 Å². The molecule has 0 fully saturated rings. The van der Waals surface area contributed by atoms with Gasteiger partial charge in [0.05, 0.1) is 12.1 Å². The molecule has 0 aliphatic heterocycles. The minimum atomic E-state index is -4.61. The Kier molecular flexibility index (Phi) is 4.36. The normalized spacial score (nSPS) is 12.7. The highest BCUT2D eigenvalue weighted by atomic mass is 79.9. The maximum Gasteiger partial charge on any atom is 0.450 e. The van der Waals surface area contributed by atoms with Crippen molar-refractivity contribution in [3.8, 4) is 0 Å². The molecule has 1 amide bonds. The van der Waals surface area contributed by atoms with Crippen LogP contribution in [0.15, 0.2) is 22.9 Å². The number of hydrogen-bond acceptors (Lipinski definition) is 2. The second kappa shape index (κ2) is 5.70. The first kappa shape index (κ1) is 17.6. The van der Waals surface area contributed by atoms with Gasteiger partial charge in [-0.3, -0.25) is 9.30 Å². The number of fused-ring (bicyclic) bond motifs is 1. The predicted octanol–water partition coefficient (Wildman–Crippen LogP) is 4.39. The molecule has 0 saturated carbocycles. The fourth-order valence-electron chi connectivity index (χ4n) is 2.16. The van der Waals surface area contributed by atoms with Gasteiger partial charge in [-0.05, 0) is 48.3 Å². The van der Waals surface area contributed by atoms with Crippen molar-refractivity contribution < 1.29 is 23.1 Å². The van der Waals surface area contributed by atoms with E-state index in [1.807, 2.05) is 0 Å². The van der Waals surface area contributed by atoms with Gasteiger partial charge in [0.1, 0.15) is 4.60 Å². The van der Waals surface area contributed by atoms with Crippen LogP contribution >= 0.6 is 15.9 Å². The average molecular weight is 394 g/mol. The van der Waals surface area contributed by atoms with Gasteiger partial charge in [-0.25, -0.2) is 9.78 Å². The summed E-state index contributed by atoms with van der Waals surface area (Å²) in [6.07, 6.45) is -4.48. The minimum Gasteiger partial charge on any atom is -0.465 e. The molecule has 9 heteroatoms. The number of aromatic nitrogens is 2. The van der Waals surface area contributed by atoms with E-state index in [4.69, 9.17) is 0 Å². The Morgan fingerprint density at radius 1 is 1.35 bits per heavy atom. The fraction of sp³-hybridized carbons (Fsp3) is 0.429. The second-order valence-corrected chi connectivity index (χ2v) is 6.81. The molecule has 1 N–H and O–H groups in total. The molecule has 0 radical (unpaired) electrons. The number of pyridine rings is 1. The number of carboxylic acid groups (broad SMARTS) is 1. The Balaban J connectivity index is 2.50. The van der Waals surface area contributed by atoms with E-state index in [1.54, 1.807) is 26.8 Å². The Morgan fingerprint density at radius 2 is 1.96 bits per heavy atom. The van der Waals surface area contributed by atoms with Gasteiger partial charge in [-0.1, -0.05) is 6.07 Å². The number of halogens is 4. The minimum absolute atomic E-state index is 0.0259. The van der Waals surface area contributed by atoms with E-state index in [0.29, 0.717) is 5.56 Å². The maximum absolute atomic E-state index is 13.0. The number of alkyl halides is 3. The maximum atomic E-state index is 13.0. The summed E-state index contributed by atoms with van der Waals surface area (Å²) in [7, 11) is 0. The molecule has 2 aromatic rings. The lowest BCUT2D eigenvalue weighted by molar-refractivity contribution is -0.145. The standard InChI is InChI=1S/C14H15BrF3N3O2/c1-13(2,3)21(12(22)23)7-8-4-5-9-10(15)19-11(14(16,17)18)20(9)6-8/h4-6H,7H2,1-3H3,(H,22,23). The van der Waals surface area contributed by atoms with E-state index in [-0.39, 0.29) is 16.7 Å². The number of rotatable bonds is 2. The van der Waals surface area contributed by atoms with Gasteiger partial charge < -0.3 is 5.11 Å².